The molecule has 0 atom stereocenters. The average molecular weight is 260 g/mol. The Morgan fingerprint density at radius 3 is 2.64 bits per heavy atom. The third-order valence-corrected chi connectivity index (χ3v) is 2.98. The number of hydrogen-bond acceptors (Lipinski definition) is 2. The minimum absolute atomic E-state index is 0.295. The van der Waals surface area contributed by atoms with Crippen LogP contribution in [0.1, 0.15) is 18.4 Å². The smallest absolute Gasteiger partial charge is 0.133 e. The Bertz CT molecular complexity index is 377. The van der Waals surface area contributed by atoms with Crippen molar-refractivity contribution in [3.8, 4) is 5.75 Å². The van der Waals surface area contributed by atoms with E-state index < -0.39 is 5.54 Å². The molecule has 0 bridgehead atoms. The lowest BCUT2D eigenvalue weighted by molar-refractivity contribution is 0.397. The normalized spacial score (nSPS) is 18.0. The Hall–Kier alpha value is -0.610. The van der Waals surface area contributed by atoms with Gasteiger partial charge in [0.1, 0.15) is 11.6 Å². The summed E-state index contributed by atoms with van der Waals surface area (Å²) in [5.41, 5.74) is 5.96. The van der Waals surface area contributed by atoms with Crippen molar-refractivity contribution in [2.75, 3.05) is 7.11 Å². The summed E-state index contributed by atoms with van der Waals surface area (Å²) in [5.74, 6) is 0.230. The molecule has 0 saturated heterocycles. The molecule has 0 aromatic heterocycles. The first-order valence-corrected chi connectivity index (χ1v) is 5.18. The van der Waals surface area contributed by atoms with Crippen molar-refractivity contribution >= 4 is 15.9 Å². The zero-order valence-electron chi connectivity index (χ0n) is 7.81. The van der Waals surface area contributed by atoms with Crippen LogP contribution in [0.4, 0.5) is 4.39 Å². The fourth-order valence-corrected chi connectivity index (χ4v) is 1.99. The number of nitrogens with two attached hydrogens (primary N) is 1. The van der Waals surface area contributed by atoms with Crippen molar-refractivity contribution in [3.05, 3.63) is 28.0 Å². The summed E-state index contributed by atoms with van der Waals surface area (Å²) in [5, 5.41) is 0. The van der Waals surface area contributed by atoms with Crippen LogP contribution in [0.25, 0.3) is 0 Å². The first-order valence-electron chi connectivity index (χ1n) is 4.39. The van der Waals surface area contributed by atoms with E-state index in [1.807, 2.05) is 0 Å². The molecule has 0 amide bonds. The predicted molar refractivity (Wildman–Crippen MR) is 55.8 cm³/mol. The minimum atomic E-state index is -0.504. The molecule has 2 nitrogen and oxygen atoms in total. The molecule has 2 rings (SSSR count). The van der Waals surface area contributed by atoms with Crippen molar-refractivity contribution in [1.29, 1.82) is 0 Å². The fourth-order valence-electron chi connectivity index (χ4n) is 1.58. The van der Waals surface area contributed by atoms with Gasteiger partial charge in [-0.1, -0.05) is 15.9 Å². The van der Waals surface area contributed by atoms with Gasteiger partial charge in [-0.05, 0) is 25.0 Å². The molecule has 1 aromatic rings. The summed E-state index contributed by atoms with van der Waals surface area (Å²) in [7, 11) is 1.52. The van der Waals surface area contributed by atoms with Crippen LogP contribution in [0, 0.1) is 5.82 Å². The maximum absolute atomic E-state index is 13.6. The molecule has 0 aliphatic heterocycles. The van der Waals surface area contributed by atoms with Gasteiger partial charge in [-0.15, -0.1) is 0 Å². The molecule has 1 aliphatic rings. The van der Waals surface area contributed by atoms with Crippen molar-refractivity contribution in [1.82, 2.24) is 0 Å². The van der Waals surface area contributed by atoms with E-state index in [1.165, 1.54) is 13.2 Å². The molecule has 2 N–H and O–H groups in total. The number of ether oxygens (including phenoxy) is 1. The average Bonchev–Trinajstić information content (AvgIpc) is 2.82. The van der Waals surface area contributed by atoms with Gasteiger partial charge in [0.15, 0.2) is 0 Å². The van der Waals surface area contributed by atoms with Crippen LogP contribution in [-0.4, -0.2) is 7.11 Å². The first kappa shape index (κ1) is 9.93. The quantitative estimate of drug-likeness (QED) is 0.886. The highest BCUT2D eigenvalue weighted by Crippen LogP contribution is 2.48. The van der Waals surface area contributed by atoms with E-state index in [0.717, 1.165) is 12.8 Å². The molecular weight excluding hydrogens is 249 g/mol. The lowest BCUT2D eigenvalue weighted by Crippen LogP contribution is -2.21. The molecule has 0 spiro atoms. The topological polar surface area (TPSA) is 35.2 Å². The predicted octanol–water partition coefficient (Wildman–Crippen LogP) is 2.54. The summed E-state index contributed by atoms with van der Waals surface area (Å²) >= 11 is 3.21. The molecule has 1 saturated carbocycles. The molecule has 0 heterocycles. The summed E-state index contributed by atoms with van der Waals surface area (Å²) in [4.78, 5) is 0. The van der Waals surface area contributed by atoms with E-state index in [0.29, 0.717) is 15.8 Å². The highest BCUT2D eigenvalue weighted by Gasteiger charge is 2.44. The van der Waals surface area contributed by atoms with Gasteiger partial charge in [0, 0.05) is 15.6 Å². The van der Waals surface area contributed by atoms with Crippen LogP contribution in [0.2, 0.25) is 0 Å². The lowest BCUT2D eigenvalue weighted by Gasteiger charge is -2.15. The third kappa shape index (κ3) is 1.53. The highest BCUT2D eigenvalue weighted by molar-refractivity contribution is 9.10. The van der Waals surface area contributed by atoms with Gasteiger partial charge >= 0.3 is 0 Å². The van der Waals surface area contributed by atoms with Gasteiger partial charge in [0.05, 0.1) is 7.11 Å². The summed E-state index contributed by atoms with van der Waals surface area (Å²) in [6.07, 6.45) is 1.64. The molecule has 1 fully saturated rings. The number of hydrogen-bond donors (Lipinski definition) is 1. The fraction of sp³-hybridized carbons (Fsp3) is 0.400. The van der Waals surface area contributed by atoms with E-state index in [4.69, 9.17) is 10.5 Å². The van der Waals surface area contributed by atoms with Gasteiger partial charge in [0.25, 0.3) is 0 Å². The maximum atomic E-state index is 13.6. The molecule has 1 aromatic carbocycles. The van der Waals surface area contributed by atoms with Crippen molar-refractivity contribution in [2.24, 2.45) is 5.73 Å². The van der Waals surface area contributed by atoms with Gasteiger partial charge in [-0.3, -0.25) is 0 Å². The number of methoxy groups -OCH3 is 1. The van der Waals surface area contributed by atoms with Crippen LogP contribution in [0.5, 0.6) is 5.75 Å². The molecule has 1 aliphatic carbocycles. The molecule has 76 valence electrons. The van der Waals surface area contributed by atoms with Crippen molar-refractivity contribution in [3.63, 3.8) is 0 Å². The van der Waals surface area contributed by atoms with E-state index in [2.05, 4.69) is 15.9 Å². The summed E-state index contributed by atoms with van der Waals surface area (Å²) < 4.78 is 19.4. The zero-order valence-corrected chi connectivity index (χ0v) is 9.40. The summed E-state index contributed by atoms with van der Waals surface area (Å²) in [6, 6.07) is 3.16. The lowest BCUT2D eigenvalue weighted by atomic mass is 10.0. The van der Waals surface area contributed by atoms with Crippen LogP contribution >= 0.6 is 15.9 Å². The second-order valence-corrected chi connectivity index (χ2v) is 4.54. The molecule has 4 heteroatoms. The molecular formula is C10H11BrFNO. The van der Waals surface area contributed by atoms with Crippen LogP contribution in [0.3, 0.4) is 0 Å². The number of benzene rings is 1. The number of halogens is 2. The Morgan fingerprint density at radius 1 is 1.50 bits per heavy atom. The Kier molecular flexibility index (Phi) is 2.27. The van der Waals surface area contributed by atoms with Crippen molar-refractivity contribution < 1.29 is 9.13 Å². The van der Waals surface area contributed by atoms with Gasteiger partial charge in [0.2, 0.25) is 0 Å². The third-order valence-electron chi connectivity index (χ3n) is 2.53. The maximum Gasteiger partial charge on any atom is 0.133 e. The van der Waals surface area contributed by atoms with Crippen LogP contribution < -0.4 is 10.5 Å². The standard InChI is InChI=1S/C10H11BrFNO/c1-14-8-5-6(11)4-7(12)9(8)10(13)2-3-10/h4-5H,2-3,13H2,1H3. The Balaban J connectivity index is 2.56. The minimum Gasteiger partial charge on any atom is -0.496 e. The second kappa shape index (κ2) is 3.21. The van der Waals surface area contributed by atoms with Gasteiger partial charge in [-0.25, -0.2) is 4.39 Å². The van der Waals surface area contributed by atoms with E-state index >= 15 is 0 Å². The SMILES string of the molecule is COc1cc(Br)cc(F)c1C1(N)CC1. The van der Waals surface area contributed by atoms with Gasteiger partial charge < -0.3 is 10.5 Å². The van der Waals surface area contributed by atoms with E-state index in [9.17, 15) is 4.39 Å². The highest BCUT2D eigenvalue weighted by atomic mass is 79.9. The second-order valence-electron chi connectivity index (χ2n) is 3.62. The van der Waals surface area contributed by atoms with E-state index in [1.54, 1.807) is 6.07 Å². The monoisotopic (exact) mass is 259 g/mol. The molecule has 0 radical (unpaired) electrons. The van der Waals surface area contributed by atoms with Crippen molar-refractivity contribution in [2.45, 2.75) is 18.4 Å². The Labute approximate surface area is 90.4 Å². The van der Waals surface area contributed by atoms with Gasteiger partial charge in [-0.2, -0.15) is 0 Å². The number of rotatable bonds is 2. The summed E-state index contributed by atoms with van der Waals surface area (Å²) in [6.45, 7) is 0. The molecule has 0 unspecified atom stereocenters. The van der Waals surface area contributed by atoms with E-state index in [-0.39, 0.29) is 5.82 Å². The largest absolute Gasteiger partial charge is 0.496 e. The first-order chi connectivity index (χ1) is 6.57. The zero-order chi connectivity index (χ0) is 10.3. The van der Waals surface area contributed by atoms with Crippen LogP contribution in [-0.2, 0) is 5.54 Å². The van der Waals surface area contributed by atoms with Crippen LogP contribution in [0.15, 0.2) is 16.6 Å². The molecule has 14 heavy (non-hydrogen) atoms. The Morgan fingerprint density at radius 2 is 2.14 bits per heavy atom.